The fourth-order valence-corrected chi connectivity index (χ4v) is 5.05. The van der Waals surface area contributed by atoms with Crippen LogP contribution in [-0.4, -0.2) is 72.0 Å². The van der Waals surface area contributed by atoms with Gasteiger partial charge in [-0.25, -0.2) is 22.7 Å². The van der Waals surface area contributed by atoms with Gasteiger partial charge in [-0.2, -0.15) is 0 Å². The van der Waals surface area contributed by atoms with E-state index in [4.69, 9.17) is 4.74 Å². The Morgan fingerprint density at radius 2 is 1.68 bits per heavy atom. The van der Waals surface area contributed by atoms with Crippen LogP contribution in [0.25, 0.3) is 16.8 Å². The van der Waals surface area contributed by atoms with Crippen LogP contribution in [0.15, 0.2) is 66.9 Å². The molecular formula is C28H33N7O4S. The number of ether oxygens (including phenoxy) is 1. The van der Waals surface area contributed by atoms with Crippen molar-refractivity contribution in [1.82, 2.24) is 19.5 Å². The molecule has 40 heavy (non-hydrogen) atoms. The molecule has 1 aliphatic heterocycles. The van der Waals surface area contributed by atoms with Gasteiger partial charge in [0.1, 0.15) is 5.60 Å². The van der Waals surface area contributed by atoms with Crippen LogP contribution in [0.3, 0.4) is 0 Å². The van der Waals surface area contributed by atoms with E-state index in [0.717, 1.165) is 47.5 Å². The van der Waals surface area contributed by atoms with Crippen molar-refractivity contribution in [2.24, 2.45) is 0 Å². The van der Waals surface area contributed by atoms with Crippen molar-refractivity contribution in [1.29, 1.82) is 0 Å². The Balaban J connectivity index is 1.26. The average molecular weight is 564 g/mol. The Labute approximate surface area is 233 Å². The smallest absolute Gasteiger partial charge is 0.410 e. The monoisotopic (exact) mass is 563 g/mol. The first-order valence-corrected chi connectivity index (χ1v) is 14.9. The van der Waals surface area contributed by atoms with Gasteiger partial charge in [0.05, 0.1) is 23.7 Å². The second kappa shape index (κ2) is 10.7. The molecule has 5 rings (SSSR count). The average Bonchev–Trinajstić information content (AvgIpc) is 3.31. The first-order valence-electron chi connectivity index (χ1n) is 13.0. The van der Waals surface area contributed by atoms with Crippen molar-refractivity contribution in [2.45, 2.75) is 26.4 Å². The number of aromatic nitrogens is 3. The van der Waals surface area contributed by atoms with E-state index < -0.39 is 15.6 Å². The third-order valence-electron chi connectivity index (χ3n) is 6.28. The predicted octanol–water partition coefficient (Wildman–Crippen LogP) is 4.57. The second-order valence-electron chi connectivity index (χ2n) is 10.7. The van der Waals surface area contributed by atoms with Crippen LogP contribution in [0.4, 0.5) is 27.8 Å². The SMILES string of the molecule is CC(C)(C)OC(=O)N1CCN(c2ccc(Nc3ncc4ccc(-c5cccc(NS(C)(=O)=O)c5)n4n3)cc2)CC1. The summed E-state index contributed by atoms with van der Waals surface area (Å²) in [5.74, 6) is 0.425. The van der Waals surface area contributed by atoms with Crippen LogP contribution in [0.1, 0.15) is 20.8 Å². The summed E-state index contributed by atoms with van der Waals surface area (Å²) in [5, 5.41) is 7.93. The van der Waals surface area contributed by atoms with Gasteiger partial charge < -0.3 is 19.9 Å². The first kappa shape index (κ1) is 27.3. The molecule has 0 saturated carbocycles. The zero-order valence-corrected chi connectivity index (χ0v) is 23.8. The van der Waals surface area contributed by atoms with Crippen molar-refractivity contribution >= 4 is 44.6 Å². The number of amides is 1. The molecule has 0 radical (unpaired) electrons. The van der Waals surface area contributed by atoms with Crippen LogP contribution in [-0.2, 0) is 14.8 Å². The fraction of sp³-hybridized carbons (Fsp3) is 0.321. The van der Waals surface area contributed by atoms with Crippen molar-refractivity contribution in [3.63, 3.8) is 0 Å². The molecule has 2 N–H and O–H groups in total. The molecule has 210 valence electrons. The van der Waals surface area contributed by atoms with E-state index >= 15 is 0 Å². The van der Waals surface area contributed by atoms with Crippen molar-refractivity contribution < 1.29 is 17.9 Å². The molecule has 1 amide bonds. The van der Waals surface area contributed by atoms with Crippen LogP contribution in [0.5, 0.6) is 0 Å². The van der Waals surface area contributed by atoms with E-state index in [1.54, 1.807) is 33.8 Å². The summed E-state index contributed by atoms with van der Waals surface area (Å²) in [7, 11) is -3.39. The number of hydrogen-bond donors (Lipinski definition) is 2. The third-order valence-corrected chi connectivity index (χ3v) is 6.89. The third kappa shape index (κ3) is 6.63. The molecule has 1 aliphatic rings. The number of nitrogens with one attached hydrogen (secondary N) is 2. The molecular weight excluding hydrogens is 530 g/mol. The summed E-state index contributed by atoms with van der Waals surface area (Å²) in [6.07, 6.45) is 2.58. The highest BCUT2D eigenvalue weighted by Crippen LogP contribution is 2.26. The number of piperazine rings is 1. The Bertz CT molecular complexity index is 1620. The van der Waals surface area contributed by atoms with Crippen molar-refractivity contribution in [3.05, 3.63) is 66.9 Å². The number of sulfonamides is 1. The van der Waals surface area contributed by atoms with Gasteiger partial charge in [0.25, 0.3) is 0 Å². The topological polar surface area (TPSA) is 121 Å². The van der Waals surface area contributed by atoms with Crippen molar-refractivity contribution in [2.75, 3.05) is 47.4 Å². The molecule has 2 aromatic heterocycles. The minimum atomic E-state index is -3.39. The normalized spacial score (nSPS) is 14.3. The van der Waals surface area contributed by atoms with Gasteiger partial charge >= 0.3 is 6.09 Å². The maximum atomic E-state index is 12.3. The van der Waals surface area contributed by atoms with Gasteiger partial charge in [-0.15, -0.1) is 5.10 Å². The molecule has 0 aliphatic carbocycles. The molecule has 11 nitrogen and oxygen atoms in total. The maximum absolute atomic E-state index is 12.3. The first-order chi connectivity index (χ1) is 18.9. The molecule has 3 heterocycles. The number of benzene rings is 2. The minimum Gasteiger partial charge on any atom is -0.444 e. The quantitative estimate of drug-likeness (QED) is 0.350. The molecule has 1 fully saturated rings. The van der Waals surface area contributed by atoms with E-state index in [1.165, 1.54) is 0 Å². The van der Waals surface area contributed by atoms with Gasteiger partial charge in [0, 0.05) is 48.8 Å². The molecule has 1 saturated heterocycles. The number of nitrogens with zero attached hydrogens (tertiary/aromatic N) is 5. The summed E-state index contributed by atoms with van der Waals surface area (Å²) in [6.45, 7) is 8.28. The van der Waals surface area contributed by atoms with Gasteiger partial charge in [0.15, 0.2) is 0 Å². The lowest BCUT2D eigenvalue weighted by Gasteiger charge is -2.36. The van der Waals surface area contributed by atoms with Gasteiger partial charge in [-0.3, -0.25) is 4.72 Å². The van der Waals surface area contributed by atoms with E-state index in [1.807, 2.05) is 63.2 Å². The Kier molecular flexibility index (Phi) is 7.28. The number of anilines is 4. The van der Waals surface area contributed by atoms with E-state index in [-0.39, 0.29) is 6.09 Å². The highest BCUT2D eigenvalue weighted by molar-refractivity contribution is 7.92. The summed E-state index contributed by atoms with van der Waals surface area (Å²) in [4.78, 5) is 20.8. The molecule has 0 spiro atoms. The molecule has 4 aromatic rings. The molecule has 0 atom stereocenters. The minimum absolute atomic E-state index is 0.271. The van der Waals surface area contributed by atoms with Crippen LogP contribution < -0.4 is 14.9 Å². The summed E-state index contributed by atoms with van der Waals surface area (Å²) >= 11 is 0. The van der Waals surface area contributed by atoms with Crippen LogP contribution in [0.2, 0.25) is 0 Å². The zero-order chi connectivity index (χ0) is 28.5. The maximum Gasteiger partial charge on any atom is 0.410 e. The van der Waals surface area contributed by atoms with Gasteiger partial charge in [0.2, 0.25) is 16.0 Å². The Hall–Kier alpha value is -4.32. The lowest BCUT2D eigenvalue weighted by Crippen LogP contribution is -2.50. The molecule has 0 bridgehead atoms. The summed E-state index contributed by atoms with van der Waals surface area (Å²) in [5.41, 5.74) is 4.31. The lowest BCUT2D eigenvalue weighted by molar-refractivity contribution is 0.0240. The van der Waals surface area contributed by atoms with E-state index in [2.05, 4.69) is 25.0 Å². The highest BCUT2D eigenvalue weighted by atomic mass is 32.2. The van der Waals surface area contributed by atoms with E-state index in [9.17, 15) is 13.2 Å². The molecule has 12 heteroatoms. The van der Waals surface area contributed by atoms with Crippen LogP contribution in [0, 0.1) is 0 Å². The zero-order valence-electron chi connectivity index (χ0n) is 23.0. The number of carbonyl (C=O) groups excluding carboxylic acids is 1. The standard InChI is InChI=1S/C28H33N7O4S/c1-28(2,3)39-27(36)34-16-14-33(15-17-34)23-10-8-21(9-11-23)30-26-29-19-24-12-13-25(35(24)31-26)20-6-5-7-22(18-20)32-40(4,37)38/h5-13,18-19,32H,14-17H2,1-4H3,(H,30,31). The Morgan fingerprint density at radius 3 is 2.35 bits per heavy atom. The van der Waals surface area contributed by atoms with Gasteiger partial charge in [-0.05, 0) is 69.3 Å². The highest BCUT2D eigenvalue weighted by Gasteiger charge is 2.26. The number of carbonyl (C=O) groups is 1. The largest absolute Gasteiger partial charge is 0.444 e. The Morgan fingerprint density at radius 1 is 0.950 bits per heavy atom. The lowest BCUT2D eigenvalue weighted by atomic mass is 10.1. The number of hydrogen-bond acceptors (Lipinski definition) is 8. The molecule has 0 unspecified atom stereocenters. The van der Waals surface area contributed by atoms with E-state index in [0.29, 0.717) is 24.7 Å². The fourth-order valence-electron chi connectivity index (χ4n) is 4.49. The second-order valence-corrected chi connectivity index (χ2v) is 12.5. The number of fused-ring (bicyclic) bond motifs is 1. The van der Waals surface area contributed by atoms with Crippen molar-refractivity contribution in [3.8, 4) is 11.3 Å². The summed E-state index contributed by atoms with van der Waals surface area (Å²) < 4.78 is 33.1. The summed E-state index contributed by atoms with van der Waals surface area (Å²) in [6, 6.07) is 19.0. The number of rotatable bonds is 6. The predicted molar refractivity (Wildman–Crippen MR) is 157 cm³/mol. The van der Waals surface area contributed by atoms with Crippen LogP contribution >= 0.6 is 0 Å². The van der Waals surface area contributed by atoms with Gasteiger partial charge in [-0.1, -0.05) is 12.1 Å². The molecule has 2 aromatic carbocycles.